The molecule has 86 valence electrons. The lowest BCUT2D eigenvalue weighted by molar-refractivity contribution is -0.142. The summed E-state index contributed by atoms with van der Waals surface area (Å²) in [5.41, 5.74) is 0. The van der Waals surface area contributed by atoms with Crippen molar-refractivity contribution in [3.63, 3.8) is 0 Å². The van der Waals surface area contributed by atoms with E-state index in [1.165, 1.54) is 6.92 Å². The predicted molar refractivity (Wildman–Crippen MR) is 59.2 cm³/mol. The zero-order chi connectivity index (χ0) is 11.8. The van der Waals surface area contributed by atoms with E-state index in [2.05, 4.69) is 20.4 Å². The summed E-state index contributed by atoms with van der Waals surface area (Å²) in [5.74, 6) is 0.284. The Hall–Kier alpha value is -1.12. The van der Waals surface area contributed by atoms with Crippen molar-refractivity contribution in [2.24, 2.45) is 5.92 Å². The van der Waals surface area contributed by atoms with Gasteiger partial charge in [-0.15, -0.1) is 0 Å². The van der Waals surface area contributed by atoms with Gasteiger partial charge >= 0.3 is 5.97 Å². The second kappa shape index (κ2) is 7.21. The van der Waals surface area contributed by atoms with Gasteiger partial charge in [-0.2, -0.15) is 0 Å². The summed E-state index contributed by atoms with van der Waals surface area (Å²) < 4.78 is 4.94. The molecule has 0 spiro atoms. The van der Waals surface area contributed by atoms with Crippen LogP contribution in [0, 0.1) is 5.92 Å². The molecule has 3 heteroatoms. The van der Waals surface area contributed by atoms with Crippen molar-refractivity contribution in [3.8, 4) is 0 Å². The third-order valence-electron chi connectivity index (χ3n) is 2.32. The summed E-state index contributed by atoms with van der Waals surface area (Å²) >= 11 is 0. The quantitative estimate of drug-likeness (QED) is 0.370. The molecule has 0 aromatic carbocycles. The van der Waals surface area contributed by atoms with Crippen LogP contribution in [0.5, 0.6) is 0 Å². The molecular weight excluding hydrogens is 192 g/mol. The molecule has 0 bridgehead atoms. The van der Waals surface area contributed by atoms with Gasteiger partial charge in [-0.05, 0) is 12.8 Å². The number of hydrogen-bond donors (Lipinski definition) is 0. The average molecular weight is 212 g/mol. The Morgan fingerprint density at radius 3 is 2.20 bits per heavy atom. The number of hydrogen-bond acceptors (Lipinski definition) is 3. The highest BCUT2D eigenvalue weighted by Gasteiger charge is 2.11. The van der Waals surface area contributed by atoms with Gasteiger partial charge < -0.3 is 4.74 Å². The minimum absolute atomic E-state index is 0.165. The molecule has 0 aromatic rings. The van der Waals surface area contributed by atoms with E-state index in [1.807, 2.05) is 0 Å². The average Bonchev–Trinajstić information content (AvgIpc) is 2.12. The monoisotopic (exact) mass is 212 g/mol. The third kappa shape index (κ3) is 6.89. The van der Waals surface area contributed by atoms with Crippen LogP contribution in [-0.2, 0) is 14.3 Å². The van der Waals surface area contributed by atoms with E-state index in [0.717, 1.165) is 12.8 Å². The van der Waals surface area contributed by atoms with Crippen LogP contribution in [0.1, 0.15) is 46.5 Å². The summed E-state index contributed by atoms with van der Waals surface area (Å²) in [5, 5.41) is 0. The van der Waals surface area contributed by atoms with Gasteiger partial charge in [0.05, 0.1) is 0 Å². The lowest BCUT2D eigenvalue weighted by Gasteiger charge is -2.13. The van der Waals surface area contributed by atoms with E-state index in [-0.39, 0.29) is 12.2 Å². The van der Waals surface area contributed by atoms with Crippen molar-refractivity contribution >= 4 is 11.8 Å². The van der Waals surface area contributed by atoms with E-state index in [1.54, 1.807) is 0 Å². The van der Waals surface area contributed by atoms with Crippen LogP contribution < -0.4 is 0 Å². The number of allylic oxidation sites excluding steroid dienone is 1. The lowest BCUT2D eigenvalue weighted by atomic mass is 9.99. The molecule has 0 N–H and O–H groups in total. The van der Waals surface area contributed by atoms with Crippen LogP contribution in [0.2, 0.25) is 0 Å². The maximum Gasteiger partial charge on any atom is 0.318 e. The third-order valence-corrected chi connectivity index (χ3v) is 2.32. The van der Waals surface area contributed by atoms with Gasteiger partial charge in [0.2, 0.25) is 0 Å². The van der Waals surface area contributed by atoms with Crippen molar-refractivity contribution in [1.29, 1.82) is 0 Å². The first-order valence-corrected chi connectivity index (χ1v) is 5.37. The molecule has 0 saturated heterocycles. The Kier molecular flexibility index (Phi) is 6.67. The molecule has 0 atom stereocenters. The van der Waals surface area contributed by atoms with Gasteiger partial charge in [0.1, 0.15) is 18.0 Å². The fraction of sp³-hybridized carbons (Fsp3) is 0.667. The number of ketones is 1. The fourth-order valence-corrected chi connectivity index (χ4v) is 1.34. The summed E-state index contributed by atoms with van der Waals surface area (Å²) in [4.78, 5) is 21.8. The number of esters is 1. The van der Waals surface area contributed by atoms with Gasteiger partial charge in [-0.25, -0.2) is 0 Å². The van der Waals surface area contributed by atoms with Crippen LogP contribution >= 0.6 is 0 Å². The molecular formula is C12H20O3. The Balaban J connectivity index is 3.92. The molecule has 0 aromatic heterocycles. The van der Waals surface area contributed by atoms with Gasteiger partial charge in [0, 0.05) is 6.42 Å². The highest BCUT2D eigenvalue weighted by atomic mass is 16.5. The molecule has 0 unspecified atom stereocenters. The van der Waals surface area contributed by atoms with E-state index in [0.29, 0.717) is 18.1 Å². The van der Waals surface area contributed by atoms with Crippen molar-refractivity contribution in [3.05, 3.63) is 12.3 Å². The smallest absolute Gasteiger partial charge is 0.318 e. The number of ether oxygens (including phenoxy) is 1. The highest BCUT2D eigenvalue weighted by Crippen LogP contribution is 2.18. The van der Waals surface area contributed by atoms with Crippen molar-refractivity contribution in [2.45, 2.75) is 46.5 Å². The standard InChI is InChI=1S/C12H20O3/c1-5-11(6-2)8-10(4)15-12(14)7-9(3)13/h11H,4-8H2,1-3H3. The summed E-state index contributed by atoms with van der Waals surface area (Å²) in [7, 11) is 0. The van der Waals surface area contributed by atoms with Gasteiger partial charge in [-0.1, -0.05) is 33.3 Å². The predicted octanol–water partition coefficient (Wildman–Crippen LogP) is 2.85. The van der Waals surface area contributed by atoms with Gasteiger partial charge in [0.25, 0.3) is 0 Å². The minimum Gasteiger partial charge on any atom is -0.431 e. The molecule has 0 amide bonds. The number of carbonyl (C=O) groups is 2. The maximum absolute atomic E-state index is 11.1. The topological polar surface area (TPSA) is 43.4 Å². The molecule has 3 nitrogen and oxygen atoms in total. The molecule has 0 aliphatic rings. The van der Waals surface area contributed by atoms with Gasteiger partial charge in [-0.3, -0.25) is 9.59 Å². The van der Waals surface area contributed by atoms with Crippen LogP contribution in [0.15, 0.2) is 12.3 Å². The number of rotatable bonds is 7. The number of carbonyl (C=O) groups excluding carboxylic acids is 2. The Bertz CT molecular complexity index is 239. The molecule has 0 aliphatic carbocycles. The van der Waals surface area contributed by atoms with E-state index in [9.17, 15) is 9.59 Å². The van der Waals surface area contributed by atoms with Crippen molar-refractivity contribution in [1.82, 2.24) is 0 Å². The van der Waals surface area contributed by atoms with E-state index in [4.69, 9.17) is 4.74 Å². The SMILES string of the molecule is C=C(CC(CC)CC)OC(=O)CC(C)=O. The second-order valence-electron chi connectivity index (χ2n) is 3.78. The Morgan fingerprint density at radius 2 is 1.80 bits per heavy atom. The summed E-state index contributed by atoms with van der Waals surface area (Å²) in [6, 6.07) is 0. The first-order chi connectivity index (χ1) is 6.99. The van der Waals surface area contributed by atoms with Crippen molar-refractivity contribution in [2.75, 3.05) is 0 Å². The molecule has 0 saturated carbocycles. The molecule has 15 heavy (non-hydrogen) atoms. The number of Topliss-reactive ketones (excluding diaryl/α,β-unsaturated/α-hetero) is 1. The molecule has 0 aliphatic heterocycles. The minimum atomic E-state index is -0.501. The molecule has 0 radical (unpaired) electrons. The van der Waals surface area contributed by atoms with E-state index >= 15 is 0 Å². The molecule has 0 rings (SSSR count). The van der Waals surface area contributed by atoms with Gasteiger partial charge in [0.15, 0.2) is 0 Å². The second-order valence-corrected chi connectivity index (χ2v) is 3.78. The van der Waals surface area contributed by atoms with Crippen LogP contribution in [-0.4, -0.2) is 11.8 Å². The normalized spacial score (nSPS) is 10.1. The first-order valence-electron chi connectivity index (χ1n) is 5.37. The van der Waals surface area contributed by atoms with Crippen molar-refractivity contribution < 1.29 is 14.3 Å². The Morgan fingerprint density at radius 1 is 1.27 bits per heavy atom. The summed E-state index contributed by atoms with van der Waals surface area (Å²) in [6.45, 7) is 9.24. The summed E-state index contributed by atoms with van der Waals surface area (Å²) in [6.07, 6.45) is 2.61. The highest BCUT2D eigenvalue weighted by molar-refractivity contribution is 5.94. The largest absolute Gasteiger partial charge is 0.431 e. The van der Waals surface area contributed by atoms with E-state index < -0.39 is 5.97 Å². The van der Waals surface area contributed by atoms with Crippen LogP contribution in [0.4, 0.5) is 0 Å². The maximum atomic E-state index is 11.1. The fourth-order valence-electron chi connectivity index (χ4n) is 1.34. The lowest BCUT2D eigenvalue weighted by Crippen LogP contribution is -2.10. The Labute approximate surface area is 91.5 Å². The molecule has 0 fully saturated rings. The van der Waals surface area contributed by atoms with Crippen LogP contribution in [0.3, 0.4) is 0 Å². The molecule has 0 heterocycles. The zero-order valence-electron chi connectivity index (χ0n) is 9.84. The zero-order valence-corrected chi connectivity index (χ0v) is 9.84. The van der Waals surface area contributed by atoms with Crippen LogP contribution in [0.25, 0.3) is 0 Å². The first kappa shape index (κ1) is 13.9.